The SMILES string of the molecule is Cc1nn(C)c(Cl)c1C(O)Cc1c(F)cccc1F. The molecule has 102 valence electrons. The first-order valence-corrected chi connectivity index (χ1v) is 6.09. The molecule has 3 nitrogen and oxygen atoms in total. The van der Waals surface area contributed by atoms with Crippen LogP contribution < -0.4 is 0 Å². The highest BCUT2D eigenvalue weighted by molar-refractivity contribution is 6.30. The smallest absolute Gasteiger partial charge is 0.132 e. The van der Waals surface area contributed by atoms with Gasteiger partial charge in [0.25, 0.3) is 0 Å². The summed E-state index contributed by atoms with van der Waals surface area (Å²) in [6, 6.07) is 3.59. The predicted molar refractivity (Wildman–Crippen MR) is 68.0 cm³/mol. The minimum absolute atomic E-state index is 0.158. The van der Waals surface area contributed by atoms with Gasteiger partial charge in [-0.2, -0.15) is 5.10 Å². The number of aromatic nitrogens is 2. The van der Waals surface area contributed by atoms with Crippen molar-refractivity contribution in [1.29, 1.82) is 0 Å². The summed E-state index contributed by atoms with van der Waals surface area (Å²) in [7, 11) is 1.63. The van der Waals surface area contributed by atoms with Crippen molar-refractivity contribution in [2.75, 3.05) is 0 Å². The van der Waals surface area contributed by atoms with Gasteiger partial charge in [-0.15, -0.1) is 0 Å². The largest absolute Gasteiger partial charge is 0.388 e. The van der Waals surface area contributed by atoms with E-state index in [4.69, 9.17) is 11.6 Å². The Bertz CT molecular complexity index is 593. The summed E-state index contributed by atoms with van der Waals surface area (Å²) in [6.45, 7) is 1.68. The van der Waals surface area contributed by atoms with Gasteiger partial charge in [0, 0.05) is 24.6 Å². The summed E-state index contributed by atoms with van der Waals surface area (Å²) in [5, 5.41) is 14.4. The number of halogens is 3. The maximum atomic E-state index is 13.5. The molecule has 19 heavy (non-hydrogen) atoms. The van der Waals surface area contributed by atoms with Gasteiger partial charge in [0.05, 0.1) is 11.8 Å². The van der Waals surface area contributed by atoms with Crippen LogP contribution in [0.4, 0.5) is 8.78 Å². The van der Waals surface area contributed by atoms with Crippen LogP contribution in [0, 0.1) is 18.6 Å². The third-order valence-corrected chi connectivity index (χ3v) is 3.44. The van der Waals surface area contributed by atoms with Gasteiger partial charge in [-0.05, 0) is 19.1 Å². The van der Waals surface area contributed by atoms with E-state index < -0.39 is 17.7 Å². The standard InChI is InChI=1S/C13H13ClF2N2O/c1-7-12(13(14)18(2)17-7)11(19)6-8-9(15)4-3-5-10(8)16/h3-5,11,19H,6H2,1-2H3. The lowest BCUT2D eigenvalue weighted by Gasteiger charge is -2.12. The fraction of sp³-hybridized carbons (Fsp3) is 0.308. The van der Waals surface area contributed by atoms with E-state index in [1.54, 1.807) is 14.0 Å². The molecule has 0 saturated heterocycles. The molecule has 2 rings (SSSR count). The van der Waals surface area contributed by atoms with Crippen molar-refractivity contribution in [3.05, 3.63) is 51.8 Å². The van der Waals surface area contributed by atoms with E-state index in [0.29, 0.717) is 11.3 Å². The Labute approximate surface area is 114 Å². The molecule has 0 aliphatic rings. The van der Waals surface area contributed by atoms with Crippen LogP contribution in [0.3, 0.4) is 0 Å². The van der Waals surface area contributed by atoms with E-state index in [1.807, 2.05) is 0 Å². The highest BCUT2D eigenvalue weighted by Gasteiger charge is 2.22. The van der Waals surface area contributed by atoms with Crippen molar-refractivity contribution in [2.45, 2.75) is 19.4 Å². The van der Waals surface area contributed by atoms with Crippen LogP contribution in [0.15, 0.2) is 18.2 Å². The lowest BCUT2D eigenvalue weighted by atomic mass is 10.0. The molecule has 0 aliphatic heterocycles. The normalized spacial score (nSPS) is 12.7. The van der Waals surface area contributed by atoms with Crippen molar-refractivity contribution < 1.29 is 13.9 Å². The Kier molecular flexibility index (Phi) is 3.87. The van der Waals surface area contributed by atoms with E-state index in [1.165, 1.54) is 10.7 Å². The number of hydrogen-bond donors (Lipinski definition) is 1. The Balaban J connectivity index is 2.33. The van der Waals surface area contributed by atoms with Crippen LogP contribution in [-0.4, -0.2) is 14.9 Å². The average Bonchev–Trinajstić information content (AvgIpc) is 2.58. The molecule has 0 aliphatic carbocycles. The van der Waals surface area contributed by atoms with Gasteiger partial charge in [0.1, 0.15) is 16.8 Å². The number of hydrogen-bond acceptors (Lipinski definition) is 2. The molecule has 0 bridgehead atoms. The van der Waals surface area contributed by atoms with Crippen molar-refractivity contribution in [3.63, 3.8) is 0 Å². The average molecular weight is 287 g/mol. The lowest BCUT2D eigenvalue weighted by Crippen LogP contribution is -2.07. The lowest BCUT2D eigenvalue weighted by molar-refractivity contribution is 0.175. The fourth-order valence-corrected chi connectivity index (χ4v) is 2.35. The van der Waals surface area contributed by atoms with Crippen LogP contribution in [0.25, 0.3) is 0 Å². The molecule has 0 radical (unpaired) electrons. The van der Waals surface area contributed by atoms with Crippen molar-refractivity contribution in [3.8, 4) is 0 Å². The molecule has 2 aromatic rings. The van der Waals surface area contributed by atoms with Crippen molar-refractivity contribution >= 4 is 11.6 Å². The molecular weight excluding hydrogens is 274 g/mol. The zero-order chi connectivity index (χ0) is 14.2. The summed E-state index contributed by atoms with van der Waals surface area (Å²) in [5.74, 6) is -1.37. The number of aryl methyl sites for hydroxylation is 2. The molecule has 1 aromatic heterocycles. The predicted octanol–water partition coefficient (Wildman–Crippen LogP) is 2.94. The Morgan fingerprint density at radius 2 is 1.95 bits per heavy atom. The molecule has 1 atom stereocenters. The third kappa shape index (κ3) is 2.62. The van der Waals surface area contributed by atoms with Crippen LogP contribution in [0.5, 0.6) is 0 Å². The monoisotopic (exact) mass is 286 g/mol. The topological polar surface area (TPSA) is 38.0 Å². The molecule has 1 aromatic carbocycles. The Morgan fingerprint density at radius 1 is 1.37 bits per heavy atom. The summed E-state index contributed by atoms with van der Waals surface area (Å²) in [5.41, 5.74) is 0.776. The second-order valence-electron chi connectivity index (χ2n) is 4.33. The summed E-state index contributed by atoms with van der Waals surface area (Å²) >= 11 is 6.01. The quantitative estimate of drug-likeness (QED) is 0.942. The molecular formula is C13H13ClF2N2O. The van der Waals surface area contributed by atoms with Gasteiger partial charge >= 0.3 is 0 Å². The first-order chi connectivity index (χ1) is 8.91. The first kappa shape index (κ1) is 14.0. The van der Waals surface area contributed by atoms with Crippen LogP contribution in [0.2, 0.25) is 5.15 Å². The number of aliphatic hydroxyl groups is 1. The van der Waals surface area contributed by atoms with Gasteiger partial charge in [-0.25, -0.2) is 8.78 Å². The zero-order valence-electron chi connectivity index (χ0n) is 10.5. The van der Waals surface area contributed by atoms with E-state index >= 15 is 0 Å². The van der Waals surface area contributed by atoms with E-state index in [9.17, 15) is 13.9 Å². The second-order valence-corrected chi connectivity index (χ2v) is 4.69. The molecule has 1 unspecified atom stereocenters. The Hall–Kier alpha value is -1.46. The Morgan fingerprint density at radius 3 is 2.42 bits per heavy atom. The minimum Gasteiger partial charge on any atom is -0.388 e. The van der Waals surface area contributed by atoms with Gasteiger partial charge in [-0.3, -0.25) is 4.68 Å². The third-order valence-electron chi connectivity index (χ3n) is 2.99. The molecule has 0 amide bonds. The van der Waals surface area contributed by atoms with Crippen molar-refractivity contribution in [1.82, 2.24) is 9.78 Å². The fourth-order valence-electron chi connectivity index (χ4n) is 2.05. The van der Waals surface area contributed by atoms with Crippen LogP contribution in [0.1, 0.15) is 22.9 Å². The zero-order valence-corrected chi connectivity index (χ0v) is 11.2. The molecule has 0 fully saturated rings. The highest BCUT2D eigenvalue weighted by atomic mass is 35.5. The van der Waals surface area contributed by atoms with Gasteiger partial charge in [0.15, 0.2) is 0 Å². The molecule has 0 spiro atoms. The highest BCUT2D eigenvalue weighted by Crippen LogP contribution is 2.29. The van der Waals surface area contributed by atoms with Crippen molar-refractivity contribution in [2.24, 2.45) is 7.05 Å². The van der Waals surface area contributed by atoms with E-state index in [-0.39, 0.29) is 17.1 Å². The van der Waals surface area contributed by atoms with E-state index in [0.717, 1.165) is 12.1 Å². The van der Waals surface area contributed by atoms with Crippen LogP contribution >= 0.6 is 11.6 Å². The number of nitrogens with zero attached hydrogens (tertiary/aromatic N) is 2. The second kappa shape index (κ2) is 5.27. The van der Waals surface area contributed by atoms with Gasteiger partial charge in [0.2, 0.25) is 0 Å². The molecule has 1 heterocycles. The van der Waals surface area contributed by atoms with E-state index in [2.05, 4.69) is 5.10 Å². The maximum Gasteiger partial charge on any atom is 0.132 e. The maximum absolute atomic E-state index is 13.5. The summed E-state index contributed by atoms with van der Waals surface area (Å²) in [6.07, 6.45) is -1.29. The van der Waals surface area contributed by atoms with Crippen LogP contribution in [-0.2, 0) is 13.5 Å². The molecule has 6 heteroatoms. The molecule has 0 saturated carbocycles. The first-order valence-electron chi connectivity index (χ1n) is 5.71. The molecule has 1 N–H and O–H groups in total. The number of aliphatic hydroxyl groups excluding tert-OH is 1. The number of rotatable bonds is 3. The summed E-state index contributed by atoms with van der Waals surface area (Å²) < 4.78 is 28.5. The minimum atomic E-state index is -1.10. The van der Waals surface area contributed by atoms with Gasteiger partial charge < -0.3 is 5.11 Å². The van der Waals surface area contributed by atoms with Gasteiger partial charge in [-0.1, -0.05) is 17.7 Å². The number of benzene rings is 1. The summed E-state index contributed by atoms with van der Waals surface area (Å²) in [4.78, 5) is 0.